The quantitative estimate of drug-likeness (QED) is 0.612. The number of allylic oxidation sites excluding steroid dienone is 1. The molecule has 0 amide bonds. The lowest BCUT2D eigenvalue weighted by molar-refractivity contribution is 0.513. The van der Waals surface area contributed by atoms with Gasteiger partial charge in [-0.25, -0.2) is 0 Å². The van der Waals surface area contributed by atoms with E-state index < -0.39 is 0 Å². The first-order valence-electron chi connectivity index (χ1n) is 3.47. The lowest BCUT2D eigenvalue weighted by Gasteiger charge is -1.94. The predicted octanol–water partition coefficient (Wildman–Crippen LogP) is 1.98. The van der Waals surface area contributed by atoms with Crippen LogP contribution in [0.15, 0.2) is 27.6 Å². The minimum atomic E-state index is 0.00634. The molecule has 1 rings (SSSR count). The zero-order valence-corrected chi connectivity index (χ0v) is 6.63. The van der Waals surface area contributed by atoms with E-state index >= 15 is 0 Å². The second-order valence-electron chi connectivity index (χ2n) is 2.25. The van der Waals surface area contributed by atoms with E-state index in [-0.39, 0.29) is 5.43 Å². The normalized spacial score (nSPS) is 10.7. The molecule has 58 valence electrons. The molecular weight excluding hydrogens is 140 g/mol. The van der Waals surface area contributed by atoms with Gasteiger partial charge >= 0.3 is 0 Å². The molecule has 0 saturated heterocycles. The van der Waals surface area contributed by atoms with Crippen LogP contribution in [0.25, 0.3) is 6.08 Å². The summed E-state index contributed by atoms with van der Waals surface area (Å²) in [5, 5.41) is 0. The highest BCUT2D eigenvalue weighted by atomic mass is 16.3. The molecule has 0 radical (unpaired) electrons. The van der Waals surface area contributed by atoms with Crippen molar-refractivity contribution in [2.45, 2.75) is 13.8 Å². The van der Waals surface area contributed by atoms with E-state index in [1.165, 1.54) is 12.3 Å². The summed E-state index contributed by atoms with van der Waals surface area (Å²) < 4.78 is 5.04. The molecule has 0 aliphatic heterocycles. The average Bonchev–Trinajstić information content (AvgIpc) is 1.97. The van der Waals surface area contributed by atoms with E-state index in [1.54, 1.807) is 13.0 Å². The molecule has 0 bridgehead atoms. The third-order valence-corrected chi connectivity index (χ3v) is 1.44. The van der Waals surface area contributed by atoms with Crippen molar-refractivity contribution in [1.82, 2.24) is 0 Å². The molecule has 1 aromatic rings. The molecular formula is C9H10O2. The fraction of sp³-hybridized carbons (Fsp3) is 0.222. The van der Waals surface area contributed by atoms with Gasteiger partial charge in [-0.1, -0.05) is 12.2 Å². The van der Waals surface area contributed by atoms with Gasteiger partial charge in [0.25, 0.3) is 0 Å². The highest BCUT2D eigenvalue weighted by Crippen LogP contribution is 2.02. The lowest BCUT2D eigenvalue weighted by atomic mass is 10.2. The molecule has 11 heavy (non-hydrogen) atoms. The monoisotopic (exact) mass is 150 g/mol. The molecule has 0 unspecified atom stereocenters. The standard InChI is InChI=1S/C9H10O2/c1-3-4-8-7(2)11-6-5-9(8)10/h3-6H,1-2H3/b4-3-. The highest BCUT2D eigenvalue weighted by Gasteiger charge is 1.98. The Morgan fingerprint density at radius 1 is 1.55 bits per heavy atom. The molecule has 1 heterocycles. The van der Waals surface area contributed by atoms with Gasteiger partial charge in [-0.15, -0.1) is 0 Å². The van der Waals surface area contributed by atoms with E-state index in [0.29, 0.717) is 11.3 Å². The van der Waals surface area contributed by atoms with Gasteiger partial charge < -0.3 is 4.42 Å². The third kappa shape index (κ3) is 1.58. The van der Waals surface area contributed by atoms with E-state index in [4.69, 9.17) is 4.42 Å². The first kappa shape index (κ1) is 7.79. The number of hydrogen-bond acceptors (Lipinski definition) is 2. The second-order valence-corrected chi connectivity index (χ2v) is 2.25. The molecule has 0 atom stereocenters. The van der Waals surface area contributed by atoms with E-state index in [0.717, 1.165) is 0 Å². The topological polar surface area (TPSA) is 30.2 Å². The van der Waals surface area contributed by atoms with Gasteiger partial charge in [-0.3, -0.25) is 4.79 Å². The van der Waals surface area contributed by atoms with Gasteiger partial charge in [0.15, 0.2) is 5.43 Å². The van der Waals surface area contributed by atoms with E-state index in [2.05, 4.69) is 0 Å². The van der Waals surface area contributed by atoms with Crippen LogP contribution in [0.2, 0.25) is 0 Å². The Labute approximate surface area is 65.2 Å². The van der Waals surface area contributed by atoms with Gasteiger partial charge in [0.2, 0.25) is 0 Å². The maximum Gasteiger partial charge on any atom is 0.192 e. The second kappa shape index (κ2) is 3.19. The molecule has 0 fully saturated rings. The Balaban J connectivity index is 3.32. The summed E-state index contributed by atoms with van der Waals surface area (Å²) in [7, 11) is 0. The minimum absolute atomic E-state index is 0.00634. The lowest BCUT2D eigenvalue weighted by Crippen LogP contribution is -2.03. The molecule has 2 nitrogen and oxygen atoms in total. The smallest absolute Gasteiger partial charge is 0.192 e. The van der Waals surface area contributed by atoms with E-state index in [1.807, 2.05) is 13.0 Å². The van der Waals surface area contributed by atoms with Gasteiger partial charge in [-0.05, 0) is 13.8 Å². The zero-order chi connectivity index (χ0) is 8.27. The van der Waals surface area contributed by atoms with Gasteiger partial charge in [0, 0.05) is 6.07 Å². The van der Waals surface area contributed by atoms with Crippen LogP contribution in [0, 0.1) is 6.92 Å². The van der Waals surface area contributed by atoms with Gasteiger partial charge in [-0.2, -0.15) is 0 Å². The third-order valence-electron chi connectivity index (χ3n) is 1.44. The van der Waals surface area contributed by atoms with Crippen LogP contribution in [-0.2, 0) is 0 Å². The van der Waals surface area contributed by atoms with Crippen molar-refractivity contribution < 1.29 is 4.42 Å². The molecule has 0 aliphatic carbocycles. The first-order chi connectivity index (χ1) is 5.25. The number of hydrogen-bond donors (Lipinski definition) is 0. The van der Waals surface area contributed by atoms with Crippen LogP contribution in [0.1, 0.15) is 18.2 Å². The van der Waals surface area contributed by atoms with Crippen LogP contribution >= 0.6 is 0 Å². The van der Waals surface area contributed by atoms with Crippen LogP contribution < -0.4 is 5.43 Å². The SMILES string of the molecule is C/C=C\c1c(C)occc1=O. The fourth-order valence-corrected chi connectivity index (χ4v) is 0.891. The Morgan fingerprint density at radius 3 is 2.82 bits per heavy atom. The molecule has 0 N–H and O–H groups in total. The maximum absolute atomic E-state index is 11.1. The summed E-state index contributed by atoms with van der Waals surface area (Å²) in [6.07, 6.45) is 4.98. The van der Waals surface area contributed by atoms with Crippen molar-refractivity contribution in [3.8, 4) is 0 Å². The number of aryl methyl sites for hydroxylation is 1. The summed E-state index contributed by atoms with van der Waals surface area (Å²) in [6.45, 7) is 3.64. The summed E-state index contributed by atoms with van der Waals surface area (Å²) in [5.74, 6) is 0.663. The summed E-state index contributed by atoms with van der Waals surface area (Å²) in [5.41, 5.74) is 0.641. The van der Waals surface area contributed by atoms with Crippen molar-refractivity contribution in [3.05, 3.63) is 40.0 Å². The zero-order valence-electron chi connectivity index (χ0n) is 6.63. The maximum atomic E-state index is 11.1. The largest absolute Gasteiger partial charge is 0.469 e. The van der Waals surface area contributed by atoms with Crippen LogP contribution in [0.4, 0.5) is 0 Å². The Hall–Kier alpha value is -1.31. The molecule has 2 heteroatoms. The van der Waals surface area contributed by atoms with Crippen LogP contribution in [0.5, 0.6) is 0 Å². The van der Waals surface area contributed by atoms with E-state index in [9.17, 15) is 4.79 Å². The minimum Gasteiger partial charge on any atom is -0.469 e. The molecule has 0 aliphatic rings. The van der Waals surface area contributed by atoms with Crippen molar-refractivity contribution in [2.24, 2.45) is 0 Å². The Morgan fingerprint density at radius 2 is 2.27 bits per heavy atom. The van der Waals surface area contributed by atoms with Crippen molar-refractivity contribution in [3.63, 3.8) is 0 Å². The predicted molar refractivity (Wildman–Crippen MR) is 44.4 cm³/mol. The van der Waals surface area contributed by atoms with Gasteiger partial charge in [0.1, 0.15) is 5.76 Å². The first-order valence-corrected chi connectivity index (χ1v) is 3.47. The number of rotatable bonds is 1. The van der Waals surface area contributed by atoms with Gasteiger partial charge in [0.05, 0.1) is 11.8 Å². The molecule has 1 aromatic heterocycles. The Kier molecular flexibility index (Phi) is 2.26. The van der Waals surface area contributed by atoms with Crippen LogP contribution in [-0.4, -0.2) is 0 Å². The highest BCUT2D eigenvalue weighted by molar-refractivity contribution is 5.49. The molecule has 0 aromatic carbocycles. The average molecular weight is 150 g/mol. The summed E-state index contributed by atoms with van der Waals surface area (Å²) in [4.78, 5) is 11.1. The van der Waals surface area contributed by atoms with Crippen LogP contribution in [0.3, 0.4) is 0 Å². The summed E-state index contributed by atoms with van der Waals surface area (Å²) >= 11 is 0. The van der Waals surface area contributed by atoms with Crippen molar-refractivity contribution in [1.29, 1.82) is 0 Å². The van der Waals surface area contributed by atoms with Crippen molar-refractivity contribution in [2.75, 3.05) is 0 Å². The molecule has 0 saturated carbocycles. The fourth-order valence-electron chi connectivity index (χ4n) is 0.891. The Bertz CT molecular complexity index is 321. The van der Waals surface area contributed by atoms with Crippen molar-refractivity contribution >= 4 is 6.08 Å². The molecule has 0 spiro atoms. The summed E-state index contributed by atoms with van der Waals surface area (Å²) in [6, 6.07) is 1.42.